The minimum Gasteiger partial charge on any atom is -0.508 e. The number of hydrogen-bond acceptors (Lipinski definition) is 10. The molecule has 0 radical (unpaired) electrons. The van der Waals surface area contributed by atoms with E-state index in [0.717, 1.165) is 41.6 Å². The maximum absolute atomic E-state index is 14.4. The van der Waals surface area contributed by atoms with Gasteiger partial charge in [0.05, 0.1) is 6.04 Å². The first-order valence-electron chi connectivity index (χ1n) is 19.1. The molecular formula is C41H58N8O6. The third kappa shape index (κ3) is 13.1. The number of hydrogen-bond donors (Lipinski definition) is 10. The van der Waals surface area contributed by atoms with E-state index >= 15 is 0 Å². The topological polar surface area (TPSA) is 205 Å². The van der Waals surface area contributed by atoms with Crippen molar-refractivity contribution < 1.29 is 29.4 Å². The van der Waals surface area contributed by atoms with Gasteiger partial charge in [-0.25, -0.2) is 0 Å². The maximum Gasteiger partial charge on any atom is 0.243 e. The lowest BCUT2D eigenvalue weighted by Gasteiger charge is -2.27. The molecule has 4 rings (SSSR count). The largest absolute Gasteiger partial charge is 0.508 e. The molecule has 1 aliphatic heterocycles. The summed E-state index contributed by atoms with van der Waals surface area (Å²) in [5.41, 5.74) is 3.68. The Hall–Kier alpha value is -5.02. The molecule has 1 heterocycles. The SMILES string of the molecule is CNCCC[C@@H](CNC(=O)[C@H](Cc1ccc(O)cc1)NC(=O)[C@@H]1Cc2cccc(c2)-c2ccc(O)c(c2)C[C@H](NC)C(=O)N[C@@H](CCCNC)C(=O)N1)NC. The highest BCUT2D eigenvalue weighted by Gasteiger charge is 2.32. The van der Waals surface area contributed by atoms with E-state index in [9.17, 15) is 29.4 Å². The number of phenols is 2. The zero-order valence-electron chi connectivity index (χ0n) is 32.3. The number of phenolic OH excluding ortho intramolecular Hbond substituents is 2. The van der Waals surface area contributed by atoms with Crippen LogP contribution in [0.15, 0.2) is 66.7 Å². The Bertz CT molecular complexity index is 1720. The Morgan fingerprint density at radius 3 is 2.27 bits per heavy atom. The summed E-state index contributed by atoms with van der Waals surface area (Å²) in [4.78, 5) is 56.0. The molecule has 55 heavy (non-hydrogen) atoms. The normalized spacial score (nSPS) is 18.5. The van der Waals surface area contributed by atoms with Gasteiger partial charge in [0.15, 0.2) is 0 Å². The van der Waals surface area contributed by atoms with Gasteiger partial charge in [-0.1, -0.05) is 42.5 Å². The number of nitrogens with one attached hydrogen (secondary N) is 8. The number of likely N-dealkylation sites (N-methyl/N-ethyl adjacent to an activating group) is 2. The van der Waals surface area contributed by atoms with E-state index in [-0.39, 0.29) is 42.7 Å². The molecule has 0 saturated heterocycles. The molecule has 0 saturated carbocycles. The quantitative estimate of drug-likeness (QED) is 0.0880. The van der Waals surface area contributed by atoms with Crippen LogP contribution in [0.2, 0.25) is 0 Å². The highest BCUT2D eigenvalue weighted by Crippen LogP contribution is 2.28. The Morgan fingerprint density at radius 1 is 0.836 bits per heavy atom. The minimum absolute atomic E-state index is 0.0138. The number of carbonyl (C=O) groups excluding carboxylic acids is 4. The summed E-state index contributed by atoms with van der Waals surface area (Å²) >= 11 is 0. The molecule has 0 aliphatic carbocycles. The molecule has 14 heteroatoms. The van der Waals surface area contributed by atoms with Gasteiger partial charge in [0.25, 0.3) is 0 Å². The van der Waals surface area contributed by atoms with Gasteiger partial charge in [-0.2, -0.15) is 0 Å². The summed E-state index contributed by atoms with van der Waals surface area (Å²) in [6.45, 7) is 1.78. The predicted molar refractivity (Wildman–Crippen MR) is 214 cm³/mol. The van der Waals surface area contributed by atoms with Crippen molar-refractivity contribution in [3.63, 3.8) is 0 Å². The Balaban J connectivity index is 1.69. The lowest BCUT2D eigenvalue weighted by atomic mass is 9.95. The number of aromatic hydroxyl groups is 2. The molecule has 5 atom stereocenters. The highest BCUT2D eigenvalue weighted by molar-refractivity contribution is 5.95. The van der Waals surface area contributed by atoms with Gasteiger partial charge in [0.1, 0.15) is 29.6 Å². The first-order valence-corrected chi connectivity index (χ1v) is 19.1. The van der Waals surface area contributed by atoms with Gasteiger partial charge in [0.2, 0.25) is 23.6 Å². The summed E-state index contributed by atoms with van der Waals surface area (Å²) in [5, 5.41) is 44.8. The summed E-state index contributed by atoms with van der Waals surface area (Å²) in [5.74, 6) is -1.79. The second kappa shape index (κ2) is 21.8. The third-order valence-corrected chi connectivity index (χ3v) is 9.97. The van der Waals surface area contributed by atoms with Crippen LogP contribution in [0.1, 0.15) is 42.4 Å². The Kier molecular flexibility index (Phi) is 16.9. The van der Waals surface area contributed by atoms with Gasteiger partial charge in [-0.05, 0) is 119 Å². The standard InChI is InChI=1S/C41H58N8O6/c1-42-18-6-10-31(44-3)25-46-38(52)35(21-26-12-15-32(50)16-13-26)48-41(55)36-22-27-8-5-9-28(20-27)29-14-17-37(51)30(23-29)24-34(45-4)40(54)47-33(39(53)49-36)11-7-19-43-2/h5,8-9,12-17,20,23,31,33-36,42-45,50-51H,6-7,10-11,18-19,21-22,24-25H2,1-4H3,(H,46,52)(H,47,54)(H,48,55)(H,49,53)/t31-,33-,34-,35-,36-/m0/s1. The number of fused-ring (bicyclic) bond motifs is 5. The molecule has 3 aromatic rings. The lowest BCUT2D eigenvalue weighted by Crippen LogP contribution is -2.59. The number of carbonyl (C=O) groups is 4. The van der Waals surface area contributed by atoms with Crippen LogP contribution in [0.3, 0.4) is 0 Å². The number of rotatable bonds is 17. The number of benzene rings is 3. The fraction of sp³-hybridized carbons (Fsp3) is 0.463. The summed E-state index contributed by atoms with van der Waals surface area (Å²) in [6.07, 6.45) is 3.00. The molecule has 0 unspecified atom stereocenters. The van der Waals surface area contributed by atoms with Crippen LogP contribution in [0.4, 0.5) is 0 Å². The van der Waals surface area contributed by atoms with Crippen molar-refractivity contribution >= 4 is 23.6 Å². The van der Waals surface area contributed by atoms with E-state index in [1.807, 2.05) is 44.4 Å². The van der Waals surface area contributed by atoms with E-state index in [4.69, 9.17) is 0 Å². The Morgan fingerprint density at radius 2 is 1.56 bits per heavy atom. The van der Waals surface area contributed by atoms with Crippen molar-refractivity contribution in [2.75, 3.05) is 47.8 Å². The molecular weight excluding hydrogens is 701 g/mol. The molecule has 0 fully saturated rings. The van der Waals surface area contributed by atoms with Crippen molar-refractivity contribution in [1.82, 2.24) is 42.5 Å². The van der Waals surface area contributed by atoms with E-state index in [1.54, 1.807) is 38.4 Å². The number of amides is 4. The molecule has 14 nitrogen and oxygen atoms in total. The van der Waals surface area contributed by atoms with Crippen LogP contribution < -0.4 is 42.5 Å². The summed E-state index contributed by atoms with van der Waals surface area (Å²) in [6, 6.07) is 15.4. The van der Waals surface area contributed by atoms with Crippen LogP contribution in [0.25, 0.3) is 11.1 Å². The minimum atomic E-state index is -1.12. The van der Waals surface area contributed by atoms with E-state index in [0.29, 0.717) is 31.5 Å². The average molecular weight is 759 g/mol. The van der Waals surface area contributed by atoms with Crippen LogP contribution in [0, 0.1) is 0 Å². The van der Waals surface area contributed by atoms with Crippen molar-refractivity contribution in [2.24, 2.45) is 0 Å². The van der Waals surface area contributed by atoms with Crippen molar-refractivity contribution in [2.45, 2.75) is 75.2 Å². The van der Waals surface area contributed by atoms with E-state index in [2.05, 4.69) is 42.5 Å². The predicted octanol–water partition coefficient (Wildman–Crippen LogP) is 0.852. The first-order chi connectivity index (χ1) is 26.5. The zero-order valence-corrected chi connectivity index (χ0v) is 32.3. The summed E-state index contributed by atoms with van der Waals surface area (Å²) < 4.78 is 0. The van der Waals surface area contributed by atoms with Gasteiger partial charge < -0.3 is 52.7 Å². The fourth-order valence-electron chi connectivity index (χ4n) is 6.66. The molecule has 298 valence electrons. The van der Waals surface area contributed by atoms with Crippen LogP contribution in [-0.4, -0.2) is 112 Å². The third-order valence-electron chi connectivity index (χ3n) is 9.97. The molecule has 4 amide bonds. The second-order valence-corrected chi connectivity index (χ2v) is 14.1. The zero-order chi connectivity index (χ0) is 39.7. The lowest BCUT2D eigenvalue weighted by molar-refractivity contribution is -0.134. The first kappa shape index (κ1) is 42.7. The maximum atomic E-state index is 14.4. The van der Waals surface area contributed by atoms with Crippen molar-refractivity contribution in [3.8, 4) is 22.6 Å². The van der Waals surface area contributed by atoms with Crippen LogP contribution in [0.5, 0.6) is 11.5 Å². The van der Waals surface area contributed by atoms with E-state index in [1.165, 1.54) is 12.1 Å². The monoisotopic (exact) mass is 758 g/mol. The fourth-order valence-corrected chi connectivity index (χ4v) is 6.66. The van der Waals surface area contributed by atoms with Crippen LogP contribution in [-0.2, 0) is 38.4 Å². The molecule has 0 spiro atoms. The average Bonchev–Trinajstić information content (AvgIpc) is 3.18. The van der Waals surface area contributed by atoms with Crippen LogP contribution >= 0.6 is 0 Å². The van der Waals surface area contributed by atoms with Gasteiger partial charge in [0, 0.05) is 31.8 Å². The molecule has 10 N–H and O–H groups in total. The molecule has 4 bridgehead atoms. The molecule has 1 aliphatic rings. The van der Waals surface area contributed by atoms with E-state index < -0.39 is 41.9 Å². The van der Waals surface area contributed by atoms with Gasteiger partial charge in [-0.3, -0.25) is 19.2 Å². The second-order valence-electron chi connectivity index (χ2n) is 14.1. The van der Waals surface area contributed by atoms with Crippen molar-refractivity contribution in [3.05, 3.63) is 83.4 Å². The highest BCUT2D eigenvalue weighted by atomic mass is 16.3. The Labute approximate surface area is 324 Å². The molecule has 3 aromatic carbocycles. The smallest absolute Gasteiger partial charge is 0.243 e. The molecule has 0 aromatic heterocycles. The van der Waals surface area contributed by atoms with Gasteiger partial charge >= 0.3 is 0 Å². The summed E-state index contributed by atoms with van der Waals surface area (Å²) in [7, 11) is 7.18. The van der Waals surface area contributed by atoms with Gasteiger partial charge in [-0.15, -0.1) is 0 Å². The van der Waals surface area contributed by atoms with Crippen molar-refractivity contribution in [1.29, 1.82) is 0 Å².